The van der Waals surface area contributed by atoms with Gasteiger partial charge in [0, 0.05) is 10.9 Å². The summed E-state index contributed by atoms with van der Waals surface area (Å²) in [7, 11) is 0. The minimum atomic E-state index is -0.332. The Bertz CT molecular complexity index is 647. The van der Waals surface area contributed by atoms with Crippen LogP contribution in [0.3, 0.4) is 0 Å². The van der Waals surface area contributed by atoms with E-state index in [1.54, 1.807) is 16.2 Å². The van der Waals surface area contributed by atoms with Gasteiger partial charge in [-0.05, 0) is 29.7 Å². The van der Waals surface area contributed by atoms with Gasteiger partial charge in [0.05, 0.1) is 6.04 Å². The molecule has 1 aliphatic carbocycles. The van der Waals surface area contributed by atoms with Crippen LogP contribution in [0.15, 0.2) is 17.5 Å². The fourth-order valence-electron chi connectivity index (χ4n) is 2.91. The van der Waals surface area contributed by atoms with Gasteiger partial charge in [-0.3, -0.25) is 14.5 Å². The maximum absolute atomic E-state index is 12.5. The quantitative estimate of drug-likeness (QED) is 0.830. The number of urea groups is 1. The third kappa shape index (κ3) is 3.45. The molecule has 1 aromatic heterocycles. The van der Waals surface area contributed by atoms with Crippen molar-refractivity contribution in [1.82, 2.24) is 15.1 Å². The van der Waals surface area contributed by atoms with Crippen molar-refractivity contribution in [1.29, 1.82) is 0 Å². The molecular weight excluding hydrogens is 326 g/mol. The van der Waals surface area contributed by atoms with Crippen molar-refractivity contribution in [2.24, 2.45) is 5.41 Å². The first kappa shape index (κ1) is 17.0. The van der Waals surface area contributed by atoms with Crippen LogP contribution in [-0.2, 0) is 9.59 Å². The van der Waals surface area contributed by atoms with Crippen molar-refractivity contribution < 1.29 is 14.4 Å². The molecule has 6 nitrogen and oxygen atoms in total. The minimum absolute atomic E-state index is 0.102. The number of amides is 4. The van der Waals surface area contributed by atoms with Crippen molar-refractivity contribution in [2.45, 2.75) is 45.7 Å². The SMILES string of the molecule is CC(C)(C)C(NC(=O)CN1C(=O)CN(C2CC2)C1=O)c1cccs1. The Kier molecular flexibility index (Phi) is 4.38. The monoisotopic (exact) mass is 349 g/mol. The third-order valence-electron chi connectivity index (χ3n) is 4.37. The lowest BCUT2D eigenvalue weighted by Gasteiger charge is -2.31. The lowest BCUT2D eigenvalue weighted by Crippen LogP contribution is -2.44. The zero-order chi connectivity index (χ0) is 17.5. The smallest absolute Gasteiger partial charge is 0.327 e. The van der Waals surface area contributed by atoms with E-state index in [1.165, 1.54) is 0 Å². The van der Waals surface area contributed by atoms with Crippen LogP contribution >= 0.6 is 11.3 Å². The van der Waals surface area contributed by atoms with Crippen LogP contribution in [0.5, 0.6) is 0 Å². The second-order valence-corrected chi connectivity index (χ2v) is 8.48. The zero-order valence-electron chi connectivity index (χ0n) is 14.2. The summed E-state index contributed by atoms with van der Waals surface area (Å²) in [5.41, 5.74) is -0.167. The highest BCUT2D eigenvalue weighted by Crippen LogP contribution is 2.35. The fraction of sp³-hybridized carbons (Fsp3) is 0.588. The van der Waals surface area contributed by atoms with Crippen molar-refractivity contribution in [2.75, 3.05) is 13.1 Å². The molecule has 2 aliphatic rings. The predicted molar refractivity (Wildman–Crippen MR) is 91.5 cm³/mol. The topological polar surface area (TPSA) is 69.7 Å². The van der Waals surface area contributed by atoms with E-state index in [0.717, 1.165) is 22.6 Å². The first-order valence-electron chi connectivity index (χ1n) is 8.21. The van der Waals surface area contributed by atoms with E-state index in [4.69, 9.17) is 0 Å². The number of thiophene rings is 1. The van der Waals surface area contributed by atoms with Crippen LogP contribution in [-0.4, -0.2) is 46.8 Å². The average Bonchev–Trinajstić information content (AvgIpc) is 3.12. The van der Waals surface area contributed by atoms with E-state index >= 15 is 0 Å². The molecular formula is C17H23N3O3S. The zero-order valence-corrected chi connectivity index (χ0v) is 15.1. The Hall–Kier alpha value is -1.89. The molecule has 1 aliphatic heterocycles. The van der Waals surface area contributed by atoms with Gasteiger partial charge in [-0.2, -0.15) is 0 Å². The highest BCUT2D eigenvalue weighted by molar-refractivity contribution is 7.10. The van der Waals surface area contributed by atoms with Crippen LogP contribution < -0.4 is 5.32 Å². The molecule has 1 saturated heterocycles. The molecule has 1 saturated carbocycles. The maximum Gasteiger partial charge on any atom is 0.327 e. The summed E-state index contributed by atoms with van der Waals surface area (Å²) in [5.74, 6) is -0.590. The third-order valence-corrected chi connectivity index (χ3v) is 5.31. The molecule has 130 valence electrons. The van der Waals surface area contributed by atoms with Crippen LogP contribution in [0, 0.1) is 5.41 Å². The van der Waals surface area contributed by atoms with Gasteiger partial charge in [0.2, 0.25) is 5.91 Å². The molecule has 3 rings (SSSR count). The number of nitrogens with zero attached hydrogens (tertiary/aromatic N) is 2. The highest BCUT2D eigenvalue weighted by Gasteiger charge is 2.44. The van der Waals surface area contributed by atoms with Crippen molar-refractivity contribution in [3.63, 3.8) is 0 Å². The summed E-state index contributed by atoms with van der Waals surface area (Å²) < 4.78 is 0. The Morgan fingerprint density at radius 2 is 2.08 bits per heavy atom. The summed E-state index contributed by atoms with van der Waals surface area (Å²) in [6, 6.07) is 3.63. The summed E-state index contributed by atoms with van der Waals surface area (Å²) in [6.07, 6.45) is 1.90. The predicted octanol–water partition coefficient (Wildman–Crippen LogP) is 2.38. The first-order chi connectivity index (χ1) is 11.3. The summed E-state index contributed by atoms with van der Waals surface area (Å²) >= 11 is 1.59. The van der Waals surface area contributed by atoms with E-state index in [1.807, 2.05) is 17.5 Å². The molecule has 4 amide bonds. The van der Waals surface area contributed by atoms with E-state index in [-0.39, 0.29) is 48.4 Å². The first-order valence-corrected chi connectivity index (χ1v) is 9.09. The number of carbonyl (C=O) groups is 3. The molecule has 24 heavy (non-hydrogen) atoms. The van der Waals surface area contributed by atoms with Crippen LogP contribution in [0.4, 0.5) is 4.79 Å². The minimum Gasteiger partial charge on any atom is -0.346 e. The Labute approximate surface area is 145 Å². The van der Waals surface area contributed by atoms with Gasteiger partial charge in [0.1, 0.15) is 13.1 Å². The number of hydrogen-bond donors (Lipinski definition) is 1. The maximum atomic E-state index is 12.5. The van der Waals surface area contributed by atoms with Gasteiger partial charge in [0.25, 0.3) is 5.91 Å². The molecule has 1 atom stereocenters. The second kappa shape index (κ2) is 6.20. The lowest BCUT2D eigenvalue weighted by atomic mass is 9.85. The molecule has 1 unspecified atom stereocenters. The summed E-state index contributed by atoms with van der Waals surface area (Å²) in [5, 5.41) is 4.97. The van der Waals surface area contributed by atoms with Gasteiger partial charge >= 0.3 is 6.03 Å². The molecule has 2 fully saturated rings. The Morgan fingerprint density at radius 3 is 2.62 bits per heavy atom. The molecule has 0 aromatic carbocycles. The molecule has 0 radical (unpaired) electrons. The number of rotatable bonds is 5. The van der Waals surface area contributed by atoms with Gasteiger partial charge in [0.15, 0.2) is 0 Å². The normalized spacial score (nSPS) is 19.8. The highest BCUT2D eigenvalue weighted by atomic mass is 32.1. The Balaban J connectivity index is 1.66. The molecule has 1 N–H and O–H groups in total. The van der Waals surface area contributed by atoms with Crippen molar-refractivity contribution in [3.8, 4) is 0 Å². The van der Waals surface area contributed by atoms with E-state index in [9.17, 15) is 14.4 Å². The summed E-state index contributed by atoms with van der Waals surface area (Å²) in [6.45, 7) is 6.05. The molecule has 7 heteroatoms. The van der Waals surface area contributed by atoms with Crippen molar-refractivity contribution >= 4 is 29.2 Å². The van der Waals surface area contributed by atoms with Crippen LogP contribution in [0.1, 0.15) is 44.5 Å². The van der Waals surface area contributed by atoms with Crippen LogP contribution in [0.25, 0.3) is 0 Å². The van der Waals surface area contributed by atoms with Crippen LogP contribution in [0.2, 0.25) is 0 Å². The van der Waals surface area contributed by atoms with Gasteiger partial charge in [-0.15, -0.1) is 11.3 Å². The number of hydrogen-bond acceptors (Lipinski definition) is 4. The number of carbonyl (C=O) groups excluding carboxylic acids is 3. The standard InChI is InChI=1S/C17H23N3O3S/c1-17(2,3)15(12-5-4-8-24-12)18-13(21)9-20-14(22)10-19(16(20)23)11-6-7-11/h4-5,8,11,15H,6-7,9-10H2,1-3H3,(H,18,21). The van der Waals surface area contributed by atoms with Gasteiger partial charge in [-0.25, -0.2) is 4.79 Å². The molecule has 0 spiro atoms. The molecule has 1 aromatic rings. The van der Waals surface area contributed by atoms with E-state index in [0.29, 0.717) is 0 Å². The molecule has 2 heterocycles. The number of nitrogens with one attached hydrogen (secondary N) is 1. The Morgan fingerprint density at radius 1 is 1.38 bits per heavy atom. The van der Waals surface area contributed by atoms with E-state index < -0.39 is 0 Å². The van der Waals surface area contributed by atoms with Crippen molar-refractivity contribution in [3.05, 3.63) is 22.4 Å². The summed E-state index contributed by atoms with van der Waals surface area (Å²) in [4.78, 5) is 40.5. The lowest BCUT2D eigenvalue weighted by molar-refractivity contribution is -0.131. The largest absolute Gasteiger partial charge is 0.346 e. The van der Waals surface area contributed by atoms with Gasteiger partial charge in [-0.1, -0.05) is 26.8 Å². The number of imide groups is 1. The fourth-order valence-corrected chi connectivity index (χ4v) is 3.93. The average molecular weight is 349 g/mol. The molecule has 0 bridgehead atoms. The van der Waals surface area contributed by atoms with E-state index in [2.05, 4.69) is 26.1 Å². The second-order valence-electron chi connectivity index (χ2n) is 7.50. The van der Waals surface area contributed by atoms with Gasteiger partial charge < -0.3 is 10.2 Å².